The number of nitrogens with one attached hydrogen (secondary N) is 1. The zero-order chi connectivity index (χ0) is 15.6. The van der Waals surface area contributed by atoms with Crippen LogP contribution in [0.5, 0.6) is 0 Å². The first-order valence-electron chi connectivity index (χ1n) is 7.56. The van der Waals surface area contributed by atoms with Crippen LogP contribution in [-0.2, 0) is 10.3 Å². The molecule has 1 N–H and O–H groups in total. The van der Waals surface area contributed by atoms with Crippen LogP contribution in [0.3, 0.4) is 0 Å². The van der Waals surface area contributed by atoms with E-state index in [0.29, 0.717) is 6.61 Å². The van der Waals surface area contributed by atoms with Gasteiger partial charge in [0.1, 0.15) is 16.2 Å². The molecule has 0 atom stereocenters. The number of aromatic nitrogens is 2. The van der Waals surface area contributed by atoms with Crippen LogP contribution in [0.15, 0.2) is 0 Å². The lowest BCUT2D eigenvalue weighted by Gasteiger charge is -2.23. The molecule has 5 heteroatoms. The van der Waals surface area contributed by atoms with Crippen molar-refractivity contribution in [2.75, 3.05) is 18.5 Å². The van der Waals surface area contributed by atoms with Gasteiger partial charge in [-0.25, -0.2) is 9.97 Å². The first-order valence-corrected chi connectivity index (χ1v) is 8.38. The second-order valence-corrected chi connectivity index (χ2v) is 6.93. The molecule has 0 aliphatic rings. The molecule has 0 aromatic carbocycles. The molecular formula is C16H25N3OS. The predicted octanol–water partition coefficient (Wildman–Crippen LogP) is 4.40. The lowest BCUT2D eigenvalue weighted by Crippen LogP contribution is -2.25. The number of hydrogen-bond acceptors (Lipinski definition) is 5. The lowest BCUT2D eigenvalue weighted by atomic mass is 10.1. The van der Waals surface area contributed by atoms with Crippen LogP contribution >= 0.6 is 11.3 Å². The van der Waals surface area contributed by atoms with E-state index in [1.54, 1.807) is 11.3 Å². The maximum Gasteiger partial charge on any atom is 0.163 e. The molecular weight excluding hydrogens is 282 g/mol. The minimum absolute atomic E-state index is 0.475. The monoisotopic (exact) mass is 307 g/mol. The molecule has 116 valence electrons. The summed E-state index contributed by atoms with van der Waals surface area (Å²) >= 11 is 1.73. The Bertz CT molecular complexity index is 634. The van der Waals surface area contributed by atoms with Gasteiger partial charge in [0, 0.05) is 18.0 Å². The van der Waals surface area contributed by atoms with Gasteiger partial charge in [-0.2, -0.15) is 0 Å². The third kappa shape index (κ3) is 3.19. The van der Waals surface area contributed by atoms with Gasteiger partial charge in [-0.3, -0.25) is 0 Å². The second kappa shape index (κ2) is 6.28. The van der Waals surface area contributed by atoms with E-state index in [-0.39, 0.29) is 0 Å². The number of thiophene rings is 1. The number of hydrogen-bond donors (Lipinski definition) is 1. The van der Waals surface area contributed by atoms with Crippen molar-refractivity contribution < 1.29 is 4.74 Å². The molecule has 2 aromatic heterocycles. The van der Waals surface area contributed by atoms with Crippen molar-refractivity contribution >= 4 is 27.4 Å². The van der Waals surface area contributed by atoms with Crippen LogP contribution in [0.2, 0.25) is 0 Å². The highest BCUT2D eigenvalue weighted by Gasteiger charge is 2.26. The fourth-order valence-corrected chi connectivity index (χ4v) is 3.34. The summed E-state index contributed by atoms with van der Waals surface area (Å²) in [6.45, 7) is 14.0. The van der Waals surface area contributed by atoms with E-state index in [4.69, 9.17) is 14.7 Å². The highest BCUT2D eigenvalue weighted by molar-refractivity contribution is 7.18. The average molecular weight is 307 g/mol. The van der Waals surface area contributed by atoms with Gasteiger partial charge in [0.05, 0.1) is 5.39 Å². The number of fused-ring (bicyclic) bond motifs is 1. The van der Waals surface area contributed by atoms with E-state index in [0.717, 1.165) is 34.8 Å². The van der Waals surface area contributed by atoms with Crippen molar-refractivity contribution in [3.8, 4) is 0 Å². The third-order valence-electron chi connectivity index (χ3n) is 3.61. The summed E-state index contributed by atoms with van der Waals surface area (Å²) in [5.41, 5.74) is 0.798. The Morgan fingerprint density at radius 2 is 1.90 bits per heavy atom. The number of aryl methyl sites for hydroxylation is 2. The van der Waals surface area contributed by atoms with Crippen molar-refractivity contribution in [2.24, 2.45) is 0 Å². The molecule has 0 fully saturated rings. The molecule has 0 saturated heterocycles. The van der Waals surface area contributed by atoms with E-state index >= 15 is 0 Å². The topological polar surface area (TPSA) is 47.0 Å². The Hall–Kier alpha value is -1.20. The molecule has 0 amide bonds. The SMILES string of the molecule is CCCNc1nc(C(C)(C)OCC)nc2sc(C)c(C)c12. The molecule has 21 heavy (non-hydrogen) atoms. The number of ether oxygens (including phenoxy) is 1. The van der Waals surface area contributed by atoms with E-state index < -0.39 is 5.60 Å². The Morgan fingerprint density at radius 3 is 2.52 bits per heavy atom. The van der Waals surface area contributed by atoms with Gasteiger partial charge < -0.3 is 10.1 Å². The Balaban J connectivity index is 2.59. The molecule has 0 radical (unpaired) electrons. The normalized spacial score (nSPS) is 12.1. The highest BCUT2D eigenvalue weighted by Crippen LogP contribution is 2.35. The highest BCUT2D eigenvalue weighted by atomic mass is 32.1. The zero-order valence-electron chi connectivity index (χ0n) is 13.8. The minimum atomic E-state index is -0.475. The summed E-state index contributed by atoms with van der Waals surface area (Å²) in [5.74, 6) is 1.68. The van der Waals surface area contributed by atoms with Crippen molar-refractivity contribution in [1.29, 1.82) is 0 Å². The molecule has 0 saturated carbocycles. The number of nitrogens with zero attached hydrogens (tertiary/aromatic N) is 2. The molecule has 0 aliphatic heterocycles. The molecule has 0 aliphatic carbocycles. The third-order valence-corrected chi connectivity index (χ3v) is 4.72. The Labute approximate surface area is 131 Å². The molecule has 0 bridgehead atoms. The largest absolute Gasteiger partial charge is 0.369 e. The van der Waals surface area contributed by atoms with Gasteiger partial charge in [0.2, 0.25) is 0 Å². The molecule has 2 heterocycles. The average Bonchev–Trinajstić information content (AvgIpc) is 2.71. The maximum atomic E-state index is 5.81. The Morgan fingerprint density at radius 1 is 1.19 bits per heavy atom. The predicted molar refractivity (Wildman–Crippen MR) is 90.3 cm³/mol. The van der Waals surface area contributed by atoms with E-state index in [1.165, 1.54) is 10.4 Å². The van der Waals surface area contributed by atoms with Crippen LogP contribution < -0.4 is 5.32 Å². The van der Waals surface area contributed by atoms with Crippen LogP contribution in [0.25, 0.3) is 10.2 Å². The summed E-state index contributed by atoms with van der Waals surface area (Å²) in [4.78, 5) is 11.9. The van der Waals surface area contributed by atoms with Gasteiger partial charge in [0.15, 0.2) is 5.82 Å². The van der Waals surface area contributed by atoms with Crippen molar-refractivity contribution in [2.45, 2.75) is 53.6 Å². The molecule has 2 rings (SSSR count). The summed E-state index contributed by atoms with van der Waals surface area (Å²) in [5, 5.41) is 4.60. The smallest absolute Gasteiger partial charge is 0.163 e. The van der Waals surface area contributed by atoms with Crippen molar-refractivity contribution in [1.82, 2.24) is 9.97 Å². The molecule has 0 unspecified atom stereocenters. The fraction of sp³-hybridized carbons (Fsp3) is 0.625. The van der Waals surface area contributed by atoms with E-state index in [1.807, 2.05) is 20.8 Å². The van der Waals surface area contributed by atoms with E-state index in [2.05, 4.69) is 26.1 Å². The number of rotatable bonds is 6. The number of anilines is 1. The maximum absolute atomic E-state index is 5.81. The minimum Gasteiger partial charge on any atom is -0.369 e. The molecule has 0 spiro atoms. The van der Waals surface area contributed by atoms with Crippen LogP contribution in [0.4, 0.5) is 5.82 Å². The quantitative estimate of drug-likeness (QED) is 0.859. The van der Waals surface area contributed by atoms with Gasteiger partial charge in [-0.05, 0) is 46.6 Å². The van der Waals surface area contributed by atoms with Crippen LogP contribution in [0, 0.1) is 13.8 Å². The van der Waals surface area contributed by atoms with Gasteiger partial charge in [0.25, 0.3) is 0 Å². The van der Waals surface area contributed by atoms with Crippen LogP contribution in [0.1, 0.15) is 50.4 Å². The van der Waals surface area contributed by atoms with E-state index in [9.17, 15) is 0 Å². The zero-order valence-corrected chi connectivity index (χ0v) is 14.6. The standard InChI is InChI=1S/C16H25N3OS/c1-7-9-17-13-12-10(3)11(4)21-14(12)19-15(18-13)16(5,6)20-8-2/h7-9H2,1-6H3,(H,17,18,19). The second-order valence-electron chi connectivity index (χ2n) is 5.73. The van der Waals surface area contributed by atoms with Crippen LogP contribution in [-0.4, -0.2) is 23.1 Å². The summed E-state index contributed by atoms with van der Waals surface area (Å²) < 4.78 is 5.81. The first-order chi connectivity index (χ1) is 9.90. The first kappa shape index (κ1) is 16.2. The lowest BCUT2D eigenvalue weighted by molar-refractivity contribution is -0.0204. The fourth-order valence-electron chi connectivity index (χ4n) is 2.32. The van der Waals surface area contributed by atoms with Crippen molar-refractivity contribution in [3.05, 3.63) is 16.3 Å². The molecule has 4 nitrogen and oxygen atoms in total. The molecule has 2 aromatic rings. The van der Waals surface area contributed by atoms with Crippen molar-refractivity contribution in [3.63, 3.8) is 0 Å². The summed E-state index contributed by atoms with van der Waals surface area (Å²) in [6, 6.07) is 0. The summed E-state index contributed by atoms with van der Waals surface area (Å²) in [6.07, 6.45) is 1.07. The van der Waals surface area contributed by atoms with Gasteiger partial charge in [-0.1, -0.05) is 6.92 Å². The Kier molecular flexibility index (Phi) is 4.84. The van der Waals surface area contributed by atoms with Gasteiger partial charge in [-0.15, -0.1) is 11.3 Å². The van der Waals surface area contributed by atoms with Gasteiger partial charge >= 0.3 is 0 Å². The summed E-state index contributed by atoms with van der Waals surface area (Å²) in [7, 11) is 0.